The van der Waals surface area contributed by atoms with Crippen LogP contribution in [0, 0.1) is 0 Å². The first-order valence-corrected chi connectivity index (χ1v) is 8.96. The molecule has 132 valence electrons. The zero-order valence-corrected chi connectivity index (χ0v) is 14.4. The Bertz CT molecular complexity index is 707. The lowest BCUT2D eigenvalue weighted by Gasteiger charge is -2.03. The van der Waals surface area contributed by atoms with Gasteiger partial charge in [-0.1, -0.05) is 60.1 Å². The number of aryl methyl sites for hydroxylation is 1. The van der Waals surface area contributed by atoms with Crippen molar-refractivity contribution >= 4 is 21.9 Å². The van der Waals surface area contributed by atoms with Crippen LogP contribution in [0.2, 0.25) is 5.02 Å². The van der Waals surface area contributed by atoms with Crippen molar-refractivity contribution < 1.29 is 22.8 Å². The number of halogens is 1. The van der Waals surface area contributed by atoms with Crippen LogP contribution in [0.1, 0.15) is 23.8 Å². The van der Waals surface area contributed by atoms with Crippen LogP contribution in [0.15, 0.2) is 54.6 Å². The molecule has 24 heavy (non-hydrogen) atoms. The second-order valence-corrected chi connectivity index (χ2v) is 6.42. The summed E-state index contributed by atoms with van der Waals surface area (Å²) in [6, 6.07) is 16.1. The molecule has 0 heterocycles. The van der Waals surface area contributed by atoms with Crippen molar-refractivity contribution in [3.8, 4) is 0 Å². The molecule has 2 aromatic carbocycles. The molecular formula is C16H20ClNO5S. The maximum Gasteiger partial charge on any atom is 0.333 e. The van der Waals surface area contributed by atoms with Gasteiger partial charge in [0.15, 0.2) is 6.29 Å². The van der Waals surface area contributed by atoms with Crippen molar-refractivity contribution in [3.05, 3.63) is 70.7 Å². The molecule has 8 heteroatoms. The maximum absolute atomic E-state index is 10.4. The van der Waals surface area contributed by atoms with E-state index in [1.807, 2.05) is 24.3 Å². The molecule has 0 aliphatic carbocycles. The number of rotatable bonds is 6. The smallest absolute Gasteiger partial charge is 0.333 e. The van der Waals surface area contributed by atoms with Crippen molar-refractivity contribution in [2.75, 3.05) is 6.61 Å². The Balaban J connectivity index is 0.000000272. The number of aliphatic hydroxyl groups is 2. The van der Waals surface area contributed by atoms with E-state index in [9.17, 15) is 8.42 Å². The van der Waals surface area contributed by atoms with Crippen molar-refractivity contribution in [2.45, 2.75) is 19.1 Å². The molecule has 0 fully saturated rings. The second kappa shape index (κ2) is 10.4. The number of benzene rings is 2. The standard InChI is InChI=1S/C9H12ClNO3S.C7H8O2/c10-9-6-2-1-4-8(9)5-3-7-14-15(11,12)13;8-7(9)6-4-2-1-3-5-6/h1-2,4,6H,3,5,7H2,(H2,11,12,13);1-5,7-9H. The fraction of sp³-hybridized carbons (Fsp3) is 0.250. The summed E-state index contributed by atoms with van der Waals surface area (Å²) in [7, 11) is -3.82. The average Bonchev–Trinajstić information content (AvgIpc) is 2.54. The van der Waals surface area contributed by atoms with Crippen LogP contribution in [-0.2, 0) is 20.9 Å². The predicted octanol–water partition coefficient (Wildman–Crippen LogP) is 2.16. The van der Waals surface area contributed by atoms with Gasteiger partial charge in [0.2, 0.25) is 0 Å². The molecule has 0 atom stereocenters. The highest BCUT2D eigenvalue weighted by molar-refractivity contribution is 7.84. The molecule has 0 bridgehead atoms. The van der Waals surface area contributed by atoms with Gasteiger partial charge in [0.25, 0.3) is 0 Å². The van der Waals surface area contributed by atoms with Gasteiger partial charge in [-0.05, 0) is 24.5 Å². The predicted molar refractivity (Wildman–Crippen MR) is 92.5 cm³/mol. The molecule has 0 aliphatic rings. The van der Waals surface area contributed by atoms with E-state index in [2.05, 4.69) is 9.32 Å². The van der Waals surface area contributed by atoms with E-state index in [1.54, 1.807) is 30.3 Å². The fourth-order valence-corrected chi connectivity index (χ4v) is 2.34. The molecule has 2 aromatic rings. The van der Waals surface area contributed by atoms with Gasteiger partial charge >= 0.3 is 10.3 Å². The van der Waals surface area contributed by atoms with Crippen LogP contribution in [0.4, 0.5) is 0 Å². The molecule has 4 N–H and O–H groups in total. The zero-order valence-electron chi connectivity index (χ0n) is 12.9. The SMILES string of the molecule is NS(=O)(=O)OCCCc1ccccc1Cl.OC(O)c1ccccc1. The van der Waals surface area contributed by atoms with Crippen LogP contribution in [0.5, 0.6) is 0 Å². The Labute approximate surface area is 146 Å². The molecule has 2 rings (SSSR count). The topological polar surface area (TPSA) is 110 Å². The first kappa shape index (κ1) is 20.6. The van der Waals surface area contributed by atoms with Crippen LogP contribution >= 0.6 is 11.6 Å². The quantitative estimate of drug-likeness (QED) is 0.531. The van der Waals surface area contributed by atoms with Gasteiger partial charge in [0.1, 0.15) is 0 Å². The van der Waals surface area contributed by atoms with Gasteiger partial charge in [-0.2, -0.15) is 8.42 Å². The van der Waals surface area contributed by atoms with E-state index < -0.39 is 16.6 Å². The van der Waals surface area contributed by atoms with Crippen molar-refractivity contribution in [3.63, 3.8) is 0 Å². The van der Waals surface area contributed by atoms with E-state index in [1.165, 1.54) is 0 Å². The van der Waals surface area contributed by atoms with Crippen molar-refractivity contribution in [2.24, 2.45) is 5.14 Å². The number of aliphatic hydroxyl groups excluding tert-OH is 1. The first-order valence-electron chi connectivity index (χ1n) is 7.11. The zero-order chi connectivity index (χ0) is 18.0. The molecule has 0 aromatic heterocycles. The highest BCUT2D eigenvalue weighted by Crippen LogP contribution is 2.16. The lowest BCUT2D eigenvalue weighted by Crippen LogP contribution is -2.16. The van der Waals surface area contributed by atoms with Gasteiger partial charge in [0, 0.05) is 10.6 Å². The highest BCUT2D eigenvalue weighted by Gasteiger charge is 2.03. The van der Waals surface area contributed by atoms with Gasteiger partial charge in [-0.3, -0.25) is 4.18 Å². The van der Waals surface area contributed by atoms with Crippen LogP contribution in [0.25, 0.3) is 0 Å². The summed E-state index contributed by atoms with van der Waals surface area (Å²) in [5.74, 6) is 0. The Hall–Kier alpha value is -1.48. The van der Waals surface area contributed by atoms with Crippen LogP contribution in [-0.4, -0.2) is 25.2 Å². The highest BCUT2D eigenvalue weighted by atomic mass is 35.5. The molecule has 0 spiro atoms. The third-order valence-electron chi connectivity index (χ3n) is 2.89. The van der Waals surface area contributed by atoms with Gasteiger partial charge < -0.3 is 10.2 Å². The van der Waals surface area contributed by atoms with Crippen LogP contribution < -0.4 is 5.14 Å². The summed E-state index contributed by atoms with van der Waals surface area (Å²) in [6.45, 7) is 0.0735. The minimum Gasteiger partial charge on any atom is -0.364 e. The summed E-state index contributed by atoms with van der Waals surface area (Å²) in [6.07, 6.45) is -0.124. The fourth-order valence-electron chi connectivity index (χ4n) is 1.76. The average molecular weight is 374 g/mol. The number of hydrogen-bond acceptors (Lipinski definition) is 5. The monoisotopic (exact) mass is 373 g/mol. The summed E-state index contributed by atoms with van der Waals surface area (Å²) in [5.41, 5.74) is 1.50. The molecule has 6 nitrogen and oxygen atoms in total. The lowest BCUT2D eigenvalue weighted by molar-refractivity contribution is -0.0424. The number of nitrogens with two attached hydrogens (primary N) is 1. The summed E-state index contributed by atoms with van der Waals surface area (Å²) in [5, 5.41) is 22.5. The molecule has 0 amide bonds. The second-order valence-electron chi connectivity index (χ2n) is 4.79. The Morgan fingerprint density at radius 1 is 1.04 bits per heavy atom. The molecule has 0 saturated heterocycles. The van der Waals surface area contributed by atoms with E-state index in [0.29, 0.717) is 23.4 Å². The minimum absolute atomic E-state index is 0.0735. The third-order valence-corrected chi connectivity index (χ3v) is 3.76. The largest absolute Gasteiger partial charge is 0.364 e. The molecular weight excluding hydrogens is 354 g/mol. The maximum atomic E-state index is 10.4. The summed E-state index contributed by atoms with van der Waals surface area (Å²) < 4.78 is 25.3. The van der Waals surface area contributed by atoms with Crippen molar-refractivity contribution in [1.82, 2.24) is 0 Å². The molecule has 0 unspecified atom stereocenters. The summed E-state index contributed by atoms with van der Waals surface area (Å²) in [4.78, 5) is 0. The molecule has 0 aliphatic heterocycles. The molecule has 0 radical (unpaired) electrons. The number of hydrogen-bond donors (Lipinski definition) is 3. The Morgan fingerprint density at radius 2 is 1.62 bits per heavy atom. The van der Waals surface area contributed by atoms with Gasteiger partial charge in [-0.15, -0.1) is 0 Å². The summed E-state index contributed by atoms with van der Waals surface area (Å²) >= 11 is 5.91. The van der Waals surface area contributed by atoms with Gasteiger partial charge in [0.05, 0.1) is 6.61 Å². The normalized spacial score (nSPS) is 11.0. The third kappa shape index (κ3) is 8.97. The lowest BCUT2D eigenvalue weighted by atomic mass is 10.1. The van der Waals surface area contributed by atoms with E-state index in [4.69, 9.17) is 21.8 Å². The van der Waals surface area contributed by atoms with Crippen molar-refractivity contribution in [1.29, 1.82) is 0 Å². The van der Waals surface area contributed by atoms with E-state index in [-0.39, 0.29) is 6.61 Å². The van der Waals surface area contributed by atoms with Crippen LogP contribution in [0.3, 0.4) is 0 Å². The Morgan fingerprint density at radius 3 is 2.12 bits per heavy atom. The Kier molecular flexibility index (Phi) is 8.91. The minimum atomic E-state index is -3.82. The van der Waals surface area contributed by atoms with E-state index in [0.717, 1.165) is 5.56 Å². The first-order chi connectivity index (χ1) is 11.3. The van der Waals surface area contributed by atoms with Gasteiger partial charge in [-0.25, -0.2) is 5.14 Å². The molecule has 0 saturated carbocycles. The van der Waals surface area contributed by atoms with E-state index >= 15 is 0 Å².